The molecule has 1 N–H and O–H groups in total. The second-order valence-electron chi connectivity index (χ2n) is 20.9. The third kappa shape index (κ3) is 7.04. The first kappa shape index (κ1) is 42.5. The van der Waals surface area contributed by atoms with Gasteiger partial charge in [0.25, 0.3) is 0 Å². The molecule has 0 atom stereocenters. The van der Waals surface area contributed by atoms with Crippen molar-refractivity contribution < 1.29 is 21.1 Å². The van der Waals surface area contributed by atoms with Gasteiger partial charge in [0.2, 0.25) is 0 Å². The van der Waals surface area contributed by atoms with Crippen molar-refractivity contribution in [3.05, 3.63) is 167 Å². The maximum absolute atomic E-state index is 5.76. The SMILES string of the molecule is CC(C)(C)c1ccc(-n2c(-c3cc(C(C)(C)C)cc4c3[nH]c3ccc(C(C)(C)C)cc34)nc3c(-c4[c-]c5c(cc4)C(C)(C)c4ccccc4N5c4ccccn4)cccc32)cc1.[Pt]. The Balaban J connectivity index is 0.00000504. The first-order valence-corrected chi connectivity index (χ1v) is 22.0. The van der Waals surface area contributed by atoms with Gasteiger partial charge in [-0.3, -0.25) is 4.57 Å². The predicted octanol–water partition coefficient (Wildman–Crippen LogP) is 15.2. The van der Waals surface area contributed by atoms with Crippen LogP contribution in [0.5, 0.6) is 0 Å². The number of nitrogens with zero attached hydrogens (tertiary/aromatic N) is 4. The van der Waals surface area contributed by atoms with Gasteiger partial charge in [0.15, 0.2) is 0 Å². The summed E-state index contributed by atoms with van der Waals surface area (Å²) >= 11 is 0. The number of benzene rings is 6. The summed E-state index contributed by atoms with van der Waals surface area (Å²) in [6.45, 7) is 25.2. The number of hydrogen-bond donors (Lipinski definition) is 1. The molecule has 4 heterocycles. The molecule has 0 radical (unpaired) electrons. The molecule has 0 amide bonds. The van der Waals surface area contributed by atoms with Gasteiger partial charge in [-0.1, -0.05) is 142 Å². The van der Waals surface area contributed by atoms with Gasteiger partial charge < -0.3 is 9.88 Å². The molecule has 0 spiro atoms. The summed E-state index contributed by atoms with van der Waals surface area (Å²) in [5, 5.41) is 2.46. The van der Waals surface area contributed by atoms with Crippen LogP contribution in [0.2, 0.25) is 0 Å². The summed E-state index contributed by atoms with van der Waals surface area (Å²) in [6.07, 6.45) is 1.87. The molecule has 0 aliphatic carbocycles. The van der Waals surface area contributed by atoms with Crippen LogP contribution in [-0.2, 0) is 42.7 Å². The quantitative estimate of drug-likeness (QED) is 0.179. The number of rotatable bonds is 4. The third-order valence-electron chi connectivity index (χ3n) is 13.2. The fourth-order valence-electron chi connectivity index (χ4n) is 9.45. The summed E-state index contributed by atoms with van der Waals surface area (Å²) < 4.78 is 2.37. The Morgan fingerprint density at radius 1 is 0.603 bits per heavy atom. The Kier molecular flexibility index (Phi) is 10.1. The van der Waals surface area contributed by atoms with Crippen molar-refractivity contribution >= 4 is 50.0 Å². The average molecular weight is 1010 g/mol. The van der Waals surface area contributed by atoms with E-state index in [-0.39, 0.29) is 42.7 Å². The maximum atomic E-state index is 5.76. The summed E-state index contributed by atoms with van der Waals surface area (Å²) in [6, 6.07) is 50.7. The van der Waals surface area contributed by atoms with Crippen LogP contribution < -0.4 is 4.90 Å². The van der Waals surface area contributed by atoms with E-state index in [1.165, 1.54) is 38.6 Å². The Bertz CT molecular complexity index is 3200. The molecule has 9 aromatic rings. The molecule has 3 aromatic heterocycles. The summed E-state index contributed by atoms with van der Waals surface area (Å²) in [7, 11) is 0. The van der Waals surface area contributed by atoms with Gasteiger partial charge >= 0.3 is 0 Å². The van der Waals surface area contributed by atoms with E-state index < -0.39 is 0 Å². The van der Waals surface area contributed by atoms with Gasteiger partial charge in [-0.05, 0) is 110 Å². The molecular formula is C57H56N5Pt-. The Morgan fingerprint density at radius 2 is 1.29 bits per heavy atom. The Morgan fingerprint density at radius 3 is 1.98 bits per heavy atom. The van der Waals surface area contributed by atoms with Crippen LogP contribution in [0.25, 0.3) is 61.0 Å². The summed E-state index contributed by atoms with van der Waals surface area (Å²) in [4.78, 5) is 16.8. The van der Waals surface area contributed by atoms with Gasteiger partial charge in [-0.25, -0.2) is 9.97 Å². The van der Waals surface area contributed by atoms with Crippen LogP contribution in [0.4, 0.5) is 17.2 Å². The predicted molar refractivity (Wildman–Crippen MR) is 261 cm³/mol. The van der Waals surface area contributed by atoms with Crippen LogP contribution >= 0.6 is 0 Å². The van der Waals surface area contributed by atoms with Crippen LogP contribution in [0.3, 0.4) is 0 Å². The number of nitrogens with one attached hydrogen (secondary N) is 1. The van der Waals surface area contributed by atoms with Gasteiger partial charge in [-0.2, -0.15) is 0 Å². The summed E-state index contributed by atoms with van der Waals surface area (Å²) in [5.41, 5.74) is 16.5. The van der Waals surface area contributed by atoms with E-state index in [0.29, 0.717) is 0 Å². The van der Waals surface area contributed by atoms with Crippen LogP contribution in [0, 0.1) is 6.07 Å². The van der Waals surface area contributed by atoms with Gasteiger partial charge in [-0.15, -0.1) is 23.8 Å². The number of pyridine rings is 1. The molecule has 6 aromatic carbocycles. The van der Waals surface area contributed by atoms with Gasteiger partial charge in [0.05, 0.1) is 16.6 Å². The molecule has 10 rings (SSSR count). The van der Waals surface area contributed by atoms with Crippen molar-refractivity contribution in [1.82, 2.24) is 19.5 Å². The molecule has 320 valence electrons. The average Bonchev–Trinajstić information content (AvgIpc) is 3.81. The van der Waals surface area contributed by atoms with Gasteiger partial charge in [0, 0.05) is 60.5 Å². The van der Waals surface area contributed by atoms with Crippen molar-refractivity contribution in [3.63, 3.8) is 0 Å². The first-order chi connectivity index (χ1) is 29.4. The molecule has 1 aliphatic heterocycles. The van der Waals surface area contributed by atoms with Crippen LogP contribution in [0.15, 0.2) is 134 Å². The van der Waals surface area contributed by atoms with E-state index in [1.54, 1.807) is 0 Å². The Labute approximate surface area is 386 Å². The molecule has 1 aliphatic rings. The van der Waals surface area contributed by atoms with Crippen molar-refractivity contribution in [1.29, 1.82) is 0 Å². The van der Waals surface area contributed by atoms with Gasteiger partial charge in [0.1, 0.15) is 11.6 Å². The third-order valence-corrected chi connectivity index (χ3v) is 13.2. The van der Waals surface area contributed by atoms with Crippen molar-refractivity contribution in [2.24, 2.45) is 0 Å². The van der Waals surface area contributed by atoms with E-state index >= 15 is 0 Å². The zero-order chi connectivity index (χ0) is 43.5. The minimum atomic E-state index is -0.247. The number of para-hydroxylation sites is 2. The molecule has 6 heteroatoms. The van der Waals surface area contributed by atoms with E-state index in [4.69, 9.17) is 9.97 Å². The van der Waals surface area contributed by atoms with Crippen LogP contribution in [-0.4, -0.2) is 19.5 Å². The molecular weight excluding hydrogens is 950 g/mol. The van der Waals surface area contributed by atoms with Crippen molar-refractivity contribution in [2.75, 3.05) is 4.90 Å². The number of aromatic amines is 1. The number of fused-ring (bicyclic) bond motifs is 6. The normalized spacial score (nSPS) is 13.9. The number of aromatic nitrogens is 4. The summed E-state index contributed by atoms with van der Waals surface area (Å²) in [5.74, 6) is 1.77. The second kappa shape index (κ2) is 14.9. The molecule has 0 unspecified atom stereocenters. The van der Waals surface area contributed by atoms with E-state index in [9.17, 15) is 0 Å². The smallest absolute Gasteiger partial charge is 0.146 e. The molecule has 63 heavy (non-hydrogen) atoms. The zero-order valence-electron chi connectivity index (χ0n) is 38.3. The minimum Gasteiger partial charge on any atom is -0.354 e. The van der Waals surface area contributed by atoms with E-state index in [1.807, 2.05) is 12.3 Å². The molecule has 5 nitrogen and oxygen atoms in total. The number of H-pyrrole nitrogens is 1. The van der Waals surface area contributed by atoms with E-state index in [2.05, 4.69) is 218 Å². The second-order valence-corrected chi connectivity index (χ2v) is 20.9. The number of hydrogen-bond acceptors (Lipinski definition) is 3. The first-order valence-electron chi connectivity index (χ1n) is 22.0. The zero-order valence-corrected chi connectivity index (χ0v) is 40.6. The molecule has 0 bridgehead atoms. The van der Waals surface area contributed by atoms with Crippen LogP contribution in [0.1, 0.15) is 104 Å². The largest absolute Gasteiger partial charge is 0.354 e. The number of anilines is 3. The monoisotopic (exact) mass is 1010 g/mol. The standard InChI is InChI=1S/C57H56N5.Pt/c1-54(2,3)36-23-26-39(27-24-36)61-48-20-16-17-40(35-22-28-45-49(31-35)62(50-21-14-15-30-58-50)47-19-13-12-18-44(47)57(45,10)11)52(48)60-53(61)43-34-38(56(7,8)9)33-42-41-32-37(55(4,5)6)25-29-46(41)59-51(42)43;/h12-30,32-34,59H,1-11H3;/q-1;. The molecule has 0 fully saturated rings. The van der Waals surface area contributed by atoms with Crippen molar-refractivity contribution in [3.8, 4) is 28.2 Å². The maximum Gasteiger partial charge on any atom is 0.146 e. The topological polar surface area (TPSA) is 49.7 Å². The Hall–Kier alpha value is -5.77. The van der Waals surface area contributed by atoms with E-state index in [0.717, 1.165) is 67.5 Å². The fourth-order valence-corrected chi connectivity index (χ4v) is 9.45. The van der Waals surface area contributed by atoms with Crippen molar-refractivity contribution in [2.45, 2.75) is 97.8 Å². The molecule has 0 saturated carbocycles. The molecule has 0 saturated heterocycles. The fraction of sp³-hybridized carbons (Fsp3) is 0.263. The number of imidazole rings is 1. The minimum absolute atomic E-state index is 0.